The highest BCUT2D eigenvalue weighted by Crippen LogP contribution is 2.16. The molecular weight excluding hydrogens is 398 g/mol. The summed E-state index contributed by atoms with van der Waals surface area (Å²) in [6, 6.07) is 6.33. The lowest BCUT2D eigenvalue weighted by Crippen LogP contribution is -2.50. The van der Waals surface area contributed by atoms with Gasteiger partial charge in [0.25, 0.3) is 0 Å². The zero-order chi connectivity index (χ0) is 20.0. The van der Waals surface area contributed by atoms with E-state index in [1.807, 2.05) is 4.90 Å². The predicted molar refractivity (Wildman–Crippen MR) is 111 cm³/mol. The van der Waals surface area contributed by atoms with Crippen LogP contribution in [-0.4, -0.2) is 87.1 Å². The fraction of sp³-hybridized carbons (Fsp3) is 0.650. The number of likely N-dealkylation sites (tertiary alicyclic amines) is 1. The van der Waals surface area contributed by atoms with Crippen molar-refractivity contribution in [2.45, 2.75) is 30.6 Å². The van der Waals surface area contributed by atoms with Crippen molar-refractivity contribution in [3.05, 3.63) is 29.3 Å². The first-order valence-corrected chi connectivity index (χ1v) is 12.2. The minimum absolute atomic E-state index is 0.0986. The topological polar surface area (TPSA) is 60.9 Å². The van der Waals surface area contributed by atoms with E-state index < -0.39 is 9.84 Å². The van der Waals surface area contributed by atoms with E-state index >= 15 is 0 Å². The molecule has 1 aromatic rings. The van der Waals surface area contributed by atoms with E-state index in [1.165, 1.54) is 12.8 Å². The molecule has 1 amide bonds. The van der Waals surface area contributed by atoms with Crippen molar-refractivity contribution in [2.75, 3.05) is 58.1 Å². The van der Waals surface area contributed by atoms with Crippen LogP contribution in [0.1, 0.15) is 25.7 Å². The lowest BCUT2D eigenvalue weighted by Gasteiger charge is -2.35. The molecule has 6 nitrogen and oxygen atoms in total. The van der Waals surface area contributed by atoms with Crippen LogP contribution in [0.5, 0.6) is 0 Å². The Labute approximate surface area is 173 Å². The third-order valence-corrected chi connectivity index (χ3v) is 7.59. The summed E-state index contributed by atoms with van der Waals surface area (Å²) in [6.07, 6.45) is 4.67. The van der Waals surface area contributed by atoms with Gasteiger partial charge >= 0.3 is 0 Å². The van der Waals surface area contributed by atoms with Crippen LogP contribution in [0, 0.1) is 0 Å². The van der Waals surface area contributed by atoms with Gasteiger partial charge in [-0.1, -0.05) is 24.4 Å². The first kappa shape index (κ1) is 21.6. The zero-order valence-electron chi connectivity index (χ0n) is 16.4. The first-order valence-electron chi connectivity index (χ1n) is 10.1. The summed E-state index contributed by atoms with van der Waals surface area (Å²) in [5.74, 6) is 0.335. The molecule has 2 fully saturated rings. The molecule has 0 aliphatic carbocycles. The number of sulfone groups is 1. The largest absolute Gasteiger partial charge is 0.342 e. The maximum atomic E-state index is 12.5. The Hall–Kier alpha value is -1.15. The lowest BCUT2D eigenvalue weighted by atomic mass is 10.2. The Morgan fingerprint density at radius 1 is 0.857 bits per heavy atom. The molecule has 3 rings (SSSR count). The van der Waals surface area contributed by atoms with E-state index in [0.717, 1.165) is 52.1 Å². The summed E-state index contributed by atoms with van der Waals surface area (Å²) >= 11 is 5.83. The van der Waals surface area contributed by atoms with Crippen molar-refractivity contribution in [3.63, 3.8) is 0 Å². The molecule has 1 aromatic carbocycles. The molecule has 0 unspecified atom stereocenters. The predicted octanol–water partition coefficient (Wildman–Crippen LogP) is 2.13. The summed E-state index contributed by atoms with van der Waals surface area (Å²) in [4.78, 5) is 19.2. The van der Waals surface area contributed by atoms with Crippen molar-refractivity contribution < 1.29 is 13.2 Å². The van der Waals surface area contributed by atoms with Crippen LogP contribution in [0.3, 0.4) is 0 Å². The molecule has 0 saturated carbocycles. The molecule has 156 valence electrons. The van der Waals surface area contributed by atoms with E-state index in [1.54, 1.807) is 24.3 Å². The zero-order valence-corrected chi connectivity index (χ0v) is 17.9. The van der Waals surface area contributed by atoms with Crippen molar-refractivity contribution >= 4 is 27.3 Å². The van der Waals surface area contributed by atoms with Crippen LogP contribution in [0.4, 0.5) is 0 Å². The molecule has 0 atom stereocenters. The number of carbonyl (C=O) groups excluding carboxylic acids is 1. The number of rotatable bonds is 6. The second-order valence-corrected chi connectivity index (χ2v) is 10.2. The highest BCUT2D eigenvalue weighted by atomic mass is 35.5. The van der Waals surface area contributed by atoms with Crippen LogP contribution in [0.2, 0.25) is 5.02 Å². The van der Waals surface area contributed by atoms with Crippen molar-refractivity contribution in [3.8, 4) is 0 Å². The number of hydrogen-bond acceptors (Lipinski definition) is 5. The number of amides is 1. The van der Waals surface area contributed by atoms with E-state index in [0.29, 0.717) is 23.0 Å². The monoisotopic (exact) mass is 427 g/mol. The molecular formula is C20H30ClN3O3S. The Kier molecular flexibility index (Phi) is 7.74. The maximum absolute atomic E-state index is 12.5. The van der Waals surface area contributed by atoms with Gasteiger partial charge in [0.15, 0.2) is 9.84 Å². The van der Waals surface area contributed by atoms with E-state index in [-0.39, 0.29) is 11.7 Å². The Balaban J connectivity index is 1.41. The Bertz CT molecular complexity index is 738. The highest BCUT2D eigenvalue weighted by Gasteiger charge is 2.23. The molecule has 8 heteroatoms. The van der Waals surface area contributed by atoms with Gasteiger partial charge in [-0.15, -0.1) is 0 Å². The molecule has 2 heterocycles. The molecule has 0 bridgehead atoms. The van der Waals surface area contributed by atoms with Crippen LogP contribution in [-0.2, 0) is 14.6 Å². The summed E-state index contributed by atoms with van der Waals surface area (Å²) in [5, 5.41) is 0.532. The first-order chi connectivity index (χ1) is 13.4. The SMILES string of the molecule is O=C(CN1CCN(CCS(=O)(=O)c2ccc(Cl)cc2)CC1)N1CCCCCC1. The minimum atomic E-state index is -3.30. The maximum Gasteiger partial charge on any atom is 0.236 e. The lowest BCUT2D eigenvalue weighted by molar-refractivity contribution is -0.132. The average Bonchev–Trinajstić information content (AvgIpc) is 2.97. The summed E-state index contributed by atoms with van der Waals surface area (Å²) in [6.45, 7) is 5.98. The van der Waals surface area contributed by atoms with Gasteiger partial charge in [-0.05, 0) is 37.1 Å². The summed E-state index contributed by atoms with van der Waals surface area (Å²) in [7, 11) is -3.30. The van der Waals surface area contributed by atoms with Gasteiger partial charge in [0.05, 0.1) is 17.2 Å². The van der Waals surface area contributed by atoms with Crippen LogP contribution >= 0.6 is 11.6 Å². The normalized spacial score (nSPS) is 20.1. The fourth-order valence-electron chi connectivity index (χ4n) is 3.79. The molecule has 0 radical (unpaired) electrons. The van der Waals surface area contributed by atoms with E-state index in [4.69, 9.17) is 11.6 Å². The van der Waals surface area contributed by atoms with E-state index in [9.17, 15) is 13.2 Å². The number of nitrogens with zero attached hydrogens (tertiary/aromatic N) is 3. The van der Waals surface area contributed by atoms with Gasteiger partial charge in [0.2, 0.25) is 5.91 Å². The number of halogens is 1. The van der Waals surface area contributed by atoms with Crippen LogP contribution < -0.4 is 0 Å². The summed E-state index contributed by atoms with van der Waals surface area (Å²) in [5.41, 5.74) is 0. The van der Waals surface area contributed by atoms with Gasteiger partial charge in [-0.25, -0.2) is 8.42 Å². The number of hydrogen-bond donors (Lipinski definition) is 0. The molecule has 0 aromatic heterocycles. The summed E-state index contributed by atoms with van der Waals surface area (Å²) < 4.78 is 24.9. The minimum Gasteiger partial charge on any atom is -0.342 e. The standard InChI is InChI=1S/C20H30ClN3O3S/c21-18-5-7-19(8-6-18)28(26,27)16-15-22-11-13-23(14-12-22)17-20(25)24-9-3-1-2-4-10-24/h5-8H,1-4,9-17H2. The average molecular weight is 428 g/mol. The number of benzene rings is 1. The number of carbonyl (C=O) groups is 1. The second kappa shape index (κ2) is 10.1. The molecule has 2 aliphatic rings. The van der Waals surface area contributed by atoms with Gasteiger partial charge < -0.3 is 4.90 Å². The third-order valence-electron chi connectivity index (χ3n) is 5.63. The van der Waals surface area contributed by atoms with Gasteiger partial charge in [0, 0.05) is 50.8 Å². The molecule has 2 saturated heterocycles. The van der Waals surface area contributed by atoms with Crippen molar-refractivity contribution in [2.24, 2.45) is 0 Å². The van der Waals surface area contributed by atoms with Crippen LogP contribution in [0.15, 0.2) is 29.2 Å². The van der Waals surface area contributed by atoms with E-state index in [2.05, 4.69) is 9.80 Å². The third kappa shape index (κ3) is 6.17. The molecule has 0 spiro atoms. The fourth-order valence-corrected chi connectivity index (χ4v) is 5.20. The van der Waals surface area contributed by atoms with Crippen molar-refractivity contribution in [1.29, 1.82) is 0 Å². The van der Waals surface area contributed by atoms with Gasteiger partial charge in [0.1, 0.15) is 0 Å². The quantitative estimate of drug-likeness (QED) is 0.696. The second-order valence-electron chi connectivity index (χ2n) is 7.69. The molecule has 2 aliphatic heterocycles. The Morgan fingerprint density at radius 3 is 2.04 bits per heavy atom. The Morgan fingerprint density at radius 2 is 1.43 bits per heavy atom. The molecule has 28 heavy (non-hydrogen) atoms. The highest BCUT2D eigenvalue weighted by molar-refractivity contribution is 7.91. The van der Waals surface area contributed by atoms with Crippen LogP contribution in [0.25, 0.3) is 0 Å². The van der Waals surface area contributed by atoms with Gasteiger partial charge in [-0.2, -0.15) is 0 Å². The smallest absolute Gasteiger partial charge is 0.236 e. The molecule has 0 N–H and O–H groups in total. The van der Waals surface area contributed by atoms with Crippen molar-refractivity contribution in [1.82, 2.24) is 14.7 Å². The number of piperazine rings is 1. The van der Waals surface area contributed by atoms with Gasteiger partial charge in [-0.3, -0.25) is 14.6 Å².